The van der Waals surface area contributed by atoms with Gasteiger partial charge in [0, 0.05) is 18.7 Å². The largest absolute Gasteiger partial charge is 0.491 e. The number of hydrogen-bond acceptors (Lipinski definition) is 4. The summed E-state index contributed by atoms with van der Waals surface area (Å²) in [5.41, 5.74) is 0.744. The number of piperidine rings is 1. The first-order valence-corrected chi connectivity index (χ1v) is 12.0. The van der Waals surface area contributed by atoms with Crippen LogP contribution in [0.15, 0.2) is 47.4 Å². The Labute approximate surface area is 183 Å². The molecule has 2 aromatic carbocycles. The van der Waals surface area contributed by atoms with E-state index < -0.39 is 15.9 Å². The third kappa shape index (κ3) is 5.14. The number of nitrogens with zero attached hydrogens (tertiary/aromatic N) is 1. The molecule has 1 unspecified atom stereocenters. The Bertz CT molecular complexity index is 1010. The molecule has 8 heteroatoms. The van der Waals surface area contributed by atoms with Crippen molar-refractivity contribution in [2.24, 2.45) is 5.92 Å². The van der Waals surface area contributed by atoms with Gasteiger partial charge in [0.25, 0.3) is 5.91 Å². The van der Waals surface area contributed by atoms with Crippen molar-refractivity contribution in [3.63, 3.8) is 0 Å². The number of carbonyl (C=O) groups excluding carboxylic acids is 1. The second kappa shape index (κ2) is 9.81. The van der Waals surface area contributed by atoms with Gasteiger partial charge in [0.2, 0.25) is 10.0 Å². The van der Waals surface area contributed by atoms with Crippen LogP contribution < -0.4 is 10.1 Å². The highest BCUT2D eigenvalue weighted by molar-refractivity contribution is 7.89. The van der Waals surface area contributed by atoms with Crippen LogP contribution in [0.2, 0.25) is 5.02 Å². The topological polar surface area (TPSA) is 75.7 Å². The lowest BCUT2D eigenvalue weighted by Gasteiger charge is -2.30. The maximum Gasteiger partial charge on any atom is 0.255 e. The Hall–Kier alpha value is -2.09. The zero-order valence-electron chi connectivity index (χ0n) is 17.2. The lowest BCUT2D eigenvalue weighted by molar-refractivity contribution is 0.102. The molecular weight excluding hydrogens is 424 g/mol. The van der Waals surface area contributed by atoms with Crippen molar-refractivity contribution in [3.05, 3.63) is 53.1 Å². The van der Waals surface area contributed by atoms with Crippen LogP contribution in [0.5, 0.6) is 5.75 Å². The molecule has 0 bridgehead atoms. The lowest BCUT2D eigenvalue weighted by Crippen LogP contribution is -2.39. The quantitative estimate of drug-likeness (QED) is 0.657. The van der Waals surface area contributed by atoms with Gasteiger partial charge < -0.3 is 10.1 Å². The summed E-state index contributed by atoms with van der Waals surface area (Å²) in [5.74, 6) is 0.429. The minimum absolute atomic E-state index is 0.0403. The normalized spacial score (nSPS) is 17.5. The molecule has 1 N–H and O–H groups in total. The van der Waals surface area contributed by atoms with Crippen LogP contribution in [0.25, 0.3) is 0 Å². The van der Waals surface area contributed by atoms with Crippen LogP contribution in [0.3, 0.4) is 0 Å². The maximum absolute atomic E-state index is 13.1. The lowest BCUT2D eigenvalue weighted by atomic mass is 10.0. The molecule has 0 spiro atoms. The molecule has 1 saturated heterocycles. The van der Waals surface area contributed by atoms with Gasteiger partial charge in [-0.2, -0.15) is 4.31 Å². The molecule has 2 aromatic rings. The molecule has 1 fully saturated rings. The third-order valence-corrected chi connectivity index (χ3v) is 7.37. The molecule has 6 nitrogen and oxygen atoms in total. The second-order valence-electron chi connectivity index (χ2n) is 7.55. The van der Waals surface area contributed by atoms with Crippen LogP contribution in [0.1, 0.15) is 43.5 Å². The number of rotatable bonds is 7. The highest BCUT2D eigenvalue weighted by Gasteiger charge is 2.31. The van der Waals surface area contributed by atoms with Crippen LogP contribution in [0, 0.1) is 5.92 Å². The molecular formula is C22H27ClN2O4S. The van der Waals surface area contributed by atoms with Crippen molar-refractivity contribution in [2.45, 2.75) is 38.0 Å². The first-order chi connectivity index (χ1) is 14.3. The van der Waals surface area contributed by atoms with Gasteiger partial charge in [-0.05, 0) is 55.5 Å². The van der Waals surface area contributed by atoms with Gasteiger partial charge in [-0.15, -0.1) is 0 Å². The minimum Gasteiger partial charge on any atom is -0.491 e. The van der Waals surface area contributed by atoms with Crippen molar-refractivity contribution >= 4 is 33.2 Å². The van der Waals surface area contributed by atoms with Crippen LogP contribution in [-0.4, -0.2) is 38.3 Å². The number of benzene rings is 2. The fourth-order valence-corrected chi connectivity index (χ4v) is 5.55. The predicted octanol–water partition coefficient (Wildman–Crippen LogP) is 4.80. The molecule has 0 aliphatic carbocycles. The maximum atomic E-state index is 13.1. The number of hydrogen-bond donors (Lipinski definition) is 1. The van der Waals surface area contributed by atoms with E-state index in [0.29, 0.717) is 37.1 Å². The Morgan fingerprint density at radius 3 is 2.77 bits per heavy atom. The van der Waals surface area contributed by atoms with Crippen molar-refractivity contribution in [2.75, 3.05) is 25.0 Å². The van der Waals surface area contributed by atoms with Gasteiger partial charge in [-0.3, -0.25) is 4.79 Å². The first kappa shape index (κ1) is 22.6. The number of sulfonamides is 1. The predicted molar refractivity (Wildman–Crippen MR) is 119 cm³/mol. The summed E-state index contributed by atoms with van der Waals surface area (Å²) in [6.45, 7) is 5.48. The highest BCUT2D eigenvalue weighted by atomic mass is 35.5. The van der Waals surface area contributed by atoms with Gasteiger partial charge in [0.05, 0.1) is 17.3 Å². The van der Waals surface area contributed by atoms with Gasteiger partial charge in [-0.1, -0.05) is 37.6 Å². The fraction of sp³-hybridized carbons (Fsp3) is 0.409. The molecule has 1 aliphatic rings. The number of anilines is 1. The number of nitrogens with one attached hydrogen (secondary N) is 1. The van der Waals surface area contributed by atoms with E-state index in [9.17, 15) is 13.2 Å². The molecule has 3 rings (SSSR count). The summed E-state index contributed by atoms with van der Waals surface area (Å²) >= 11 is 6.23. The van der Waals surface area contributed by atoms with E-state index >= 15 is 0 Å². The smallest absolute Gasteiger partial charge is 0.255 e. The summed E-state index contributed by atoms with van der Waals surface area (Å²) < 4.78 is 33.4. The van der Waals surface area contributed by atoms with E-state index in [0.717, 1.165) is 19.3 Å². The summed E-state index contributed by atoms with van der Waals surface area (Å²) in [6.07, 6.45) is 2.66. The number of halogens is 1. The van der Waals surface area contributed by atoms with Gasteiger partial charge >= 0.3 is 0 Å². The standard InChI is InChI=1S/C22H27ClN2O4S/c1-3-13-29-20-9-5-4-8-19(20)24-22(26)17-10-11-18(23)21(14-17)30(27,28)25-12-6-7-16(2)15-25/h4-5,8-11,14,16H,3,6-7,12-13,15H2,1-2H3,(H,24,26). The Morgan fingerprint density at radius 2 is 2.03 bits per heavy atom. The Kier molecular flexibility index (Phi) is 7.39. The van der Waals surface area contributed by atoms with Crippen LogP contribution in [0.4, 0.5) is 5.69 Å². The molecule has 0 radical (unpaired) electrons. The van der Waals surface area contributed by atoms with E-state index in [2.05, 4.69) is 5.32 Å². The molecule has 1 heterocycles. The summed E-state index contributed by atoms with van der Waals surface area (Å²) in [5, 5.41) is 2.91. The molecule has 0 saturated carbocycles. The number of para-hydroxylation sites is 2. The minimum atomic E-state index is -3.78. The second-order valence-corrected chi connectivity index (χ2v) is 9.87. The van der Waals surface area contributed by atoms with Crippen molar-refractivity contribution in [1.82, 2.24) is 4.31 Å². The van der Waals surface area contributed by atoms with E-state index in [4.69, 9.17) is 16.3 Å². The average molecular weight is 451 g/mol. The van der Waals surface area contributed by atoms with Crippen LogP contribution in [-0.2, 0) is 10.0 Å². The van der Waals surface area contributed by atoms with Gasteiger partial charge in [-0.25, -0.2) is 8.42 Å². The average Bonchev–Trinajstić information content (AvgIpc) is 2.73. The van der Waals surface area contributed by atoms with E-state index in [1.165, 1.54) is 22.5 Å². The summed E-state index contributed by atoms with van der Waals surface area (Å²) in [4.78, 5) is 12.8. The molecule has 0 aromatic heterocycles. The van der Waals surface area contributed by atoms with Crippen molar-refractivity contribution in [3.8, 4) is 5.75 Å². The zero-order chi connectivity index (χ0) is 21.7. The highest BCUT2D eigenvalue weighted by Crippen LogP contribution is 2.30. The van der Waals surface area contributed by atoms with Crippen molar-refractivity contribution < 1.29 is 17.9 Å². The summed E-state index contributed by atoms with van der Waals surface area (Å²) in [7, 11) is -3.78. The molecule has 1 atom stereocenters. The molecule has 1 aliphatic heterocycles. The van der Waals surface area contributed by atoms with E-state index in [1.807, 2.05) is 19.9 Å². The van der Waals surface area contributed by atoms with Gasteiger partial charge in [0.1, 0.15) is 10.6 Å². The fourth-order valence-electron chi connectivity index (χ4n) is 3.45. The Morgan fingerprint density at radius 1 is 1.27 bits per heavy atom. The number of carbonyl (C=O) groups is 1. The van der Waals surface area contributed by atoms with Gasteiger partial charge in [0.15, 0.2) is 0 Å². The van der Waals surface area contributed by atoms with Crippen molar-refractivity contribution in [1.29, 1.82) is 0 Å². The Balaban J connectivity index is 1.86. The monoisotopic (exact) mass is 450 g/mol. The molecule has 30 heavy (non-hydrogen) atoms. The van der Waals surface area contributed by atoms with Crippen LogP contribution >= 0.6 is 11.6 Å². The van der Waals surface area contributed by atoms with E-state index in [-0.39, 0.29) is 15.5 Å². The molecule has 1 amide bonds. The third-order valence-electron chi connectivity index (χ3n) is 5.03. The number of amides is 1. The first-order valence-electron chi connectivity index (χ1n) is 10.2. The SMILES string of the molecule is CCCOc1ccccc1NC(=O)c1ccc(Cl)c(S(=O)(=O)N2CCCC(C)C2)c1. The number of ether oxygens (including phenoxy) is 1. The molecule has 162 valence electrons. The summed E-state index contributed by atoms with van der Waals surface area (Å²) in [6, 6.07) is 11.5. The zero-order valence-corrected chi connectivity index (χ0v) is 18.8. The van der Waals surface area contributed by atoms with E-state index in [1.54, 1.807) is 18.2 Å².